The van der Waals surface area contributed by atoms with E-state index in [2.05, 4.69) is 20.3 Å². The van der Waals surface area contributed by atoms with Crippen LogP contribution in [0.2, 0.25) is 0 Å². The summed E-state index contributed by atoms with van der Waals surface area (Å²) >= 11 is 0. The fraction of sp³-hybridized carbons (Fsp3) is 0.273. The molecular weight excluding hydrogens is 382 g/mol. The van der Waals surface area contributed by atoms with Gasteiger partial charge in [0, 0.05) is 38.3 Å². The molecule has 1 aromatic carbocycles. The van der Waals surface area contributed by atoms with Gasteiger partial charge < -0.3 is 20.1 Å². The molecule has 0 aliphatic carbocycles. The van der Waals surface area contributed by atoms with Crippen LogP contribution in [0.4, 0.5) is 5.82 Å². The van der Waals surface area contributed by atoms with E-state index in [0.717, 1.165) is 11.1 Å². The van der Waals surface area contributed by atoms with Crippen molar-refractivity contribution in [1.29, 1.82) is 0 Å². The molecule has 2 aromatic heterocycles. The van der Waals surface area contributed by atoms with Crippen molar-refractivity contribution in [3.63, 3.8) is 0 Å². The predicted molar refractivity (Wildman–Crippen MR) is 114 cm³/mol. The van der Waals surface area contributed by atoms with Crippen molar-refractivity contribution in [1.82, 2.24) is 20.3 Å². The summed E-state index contributed by atoms with van der Waals surface area (Å²) in [4.78, 5) is 26.1. The SMILES string of the molecule is CCC(=O)NCCN(C)c1cncc(Oc2ccc(-c3ccc(CO)nc3)cc2)n1. The summed E-state index contributed by atoms with van der Waals surface area (Å²) in [7, 11) is 1.89. The minimum atomic E-state index is -0.0737. The molecular formula is C22H25N5O3. The standard InChI is InChI=1S/C22H25N5O3/c1-3-21(29)24-10-11-27(2)20-13-23-14-22(26-20)30-19-8-5-16(6-9-19)17-4-7-18(15-28)25-12-17/h4-9,12-14,28H,3,10-11,15H2,1-2H3,(H,24,29). The number of hydrogen-bond donors (Lipinski definition) is 2. The van der Waals surface area contributed by atoms with E-state index in [1.807, 2.05) is 49.2 Å². The Bertz CT molecular complexity index is 961. The molecule has 1 amide bonds. The zero-order valence-electron chi connectivity index (χ0n) is 17.1. The summed E-state index contributed by atoms with van der Waals surface area (Å²) in [6.45, 7) is 2.89. The summed E-state index contributed by atoms with van der Waals surface area (Å²) in [6, 6.07) is 11.3. The second-order valence-electron chi connectivity index (χ2n) is 6.66. The van der Waals surface area contributed by atoms with E-state index in [0.29, 0.717) is 42.7 Å². The van der Waals surface area contributed by atoms with Crippen LogP contribution in [0.3, 0.4) is 0 Å². The van der Waals surface area contributed by atoms with Gasteiger partial charge in [-0.1, -0.05) is 25.1 Å². The van der Waals surface area contributed by atoms with Crippen LogP contribution in [0.25, 0.3) is 11.1 Å². The van der Waals surface area contributed by atoms with Gasteiger partial charge in [0.05, 0.1) is 24.7 Å². The number of amides is 1. The van der Waals surface area contributed by atoms with Crippen LogP contribution < -0.4 is 15.0 Å². The molecule has 0 aliphatic rings. The third-order valence-corrected chi connectivity index (χ3v) is 4.48. The molecule has 0 spiro atoms. The van der Waals surface area contributed by atoms with E-state index >= 15 is 0 Å². The number of anilines is 1. The Morgan fingerprint density at radius 3 is 2.53 bits per heavy atom. The van der Waals surface area contributed by atoms with Crippen LogP contribution in [-0.2, 0) is 11.4 Å². The Kier molecular flexibility index (Phi) is 7.29. The van der Waals surface area contributed by atoms with Crippen molar-refractivity contribution in [2.24, 2.45) is 0 Å². The van der Waals surface area contributed by atoms with Gasteiger partial charge in [0.25, 0.3) is 0 Å². The number of pyridine rings is 1. The molecule has 2 N–H and O–H groups in total. The van der Waals surface area contributed by atoms with Crippen molar-refractivity contribution in [3.05, 3.63) is 60.7 Å². The highest BCUT2D eigenvalue weighted by atomic mass is 16.5. The van der Waals surface area contributed by atoms with Crippen LogP contribution in [0.15, 0.2) is 55.0 Å². The Labute approximate surface area is 175 Å². The van der Waals surface area contributed by atoms with E-state index in [1.54, 1.807) is 24.7 Å². The number of nitrogens with zero attached hydrogens (tertiary/aromatic N) is 4. The van der Waals surface area contributed by atoms with Gasteiger partial charge in [0.1, 0.15) is 5.75 Å². The number of nitrogens with one attached hydrogen (secondary N) is 1. The smallest absolute Gasteiger partial charge is 0.239 e. The lowest BCUT2D eigenvalue weighted by Crippen LogP contribution is -2.32. The second-order valence-corrected chi connectivity index (χ2v) is 6.66. The number of aromatic nitrogens is 3. The number of carbonyl (C=O) groups is 1. The Hall–Kier alpha value is -3.52. The fourth-order valence-electron chi connectivity index (χ4n) is 2.70. The Morgan fingerprint density at radius 1 is 1.10 bits per heavy atom. The Balaban J connectivity index is 1.62. The number of carbonyl (C=O) groups excluding carboxylic acids is 1. The third-order valence-electron chi connectivity index (χ3n) is 4.48. The van der Waals surface area contributed by atoms with Gasteiger partial charge in [0.2, 0.25) is 11.8 Å². The Morgan fingerprint density at radius 2 is 1.87 bits per heavy atom. The summed E-state index contributed by atoms with van der Waals surface area (Å²) in [5.41, 5.74) is 2.58. The van der Waals surface area contributed by atoms with E-state index in [4.69, 9.17) is 9.84 Å². The van der Waals surface area contributed by atoms with Crippen LogP contribution in [0.5, 0.6) is 11.6 Å². The highest BCUT2D eigenvalue weighted by Gasteiger charge is 2.07. The average Bonchev–Trinajstić information content (AvgIpc) is 2.79. The average molecular weight is 407 g/mol. The van der Waals surface area contributed by atoms with Crippen molar-refractivity contribution < 1.29 is 14.6 Å². The van der Waals surface area contributed by atoms with Crippen molar-refractivity contribution >= 4 is 11.7 Å². The van der Waals surface area contributed by atoms with Crippen LogP contribution in [-0.4, -0.2) is 46.1 Å². The molecule has 0 bridgehead atoms. The maximum absolute atomic E-state index is 11.3. The number of hydrogen-bond acceptors (Lipinski definition) is 7. The van der Waals surface area contributed by atoms with E-state index in [-0.39, 0.29) is 12.5 Å². The molecule has 0 saturated heterocycles. The second kappa shape index (κ2) is 10.3. The molecule has 0 atom stereocenters. The predicted octanol–water partition coefficient (Wildman–Crippen LogP) is 2.79. The number of aliphatic hydroxyl groups is 1. The first-order valence-corrected chi connectivity index (χ1v) is 9.73. The highest BCUT2D eigenvalue weighted by Crippen LogP contribution is 2.25. The molecule has 0 saturated carbocycles. The molecule has 156 valence electrons. The van der Waals surface area contributed by atoms with Gasteiger partial charge in [-0.15, -0.1) is 0 Å². The lowest BCUT2D eigenvalue weighted by molar-refractivity contribution is -0.120. The molecule has 3 aromatic rings. The van der Waals surface area contributed by atoms with Gasteiger partial charge in [-0.2, -0.15) is 4.98 Å². The minimum absolute atomic E-state index is 0.0233. The number of ether oxygens (including phenoxy) is 1. The molecule has 3 rings (SSSR count). The lowest BCUT2D eigenvalue weighted by Gasteiger charge is -2.18. The molecule has 30 heavy (non-hydrogen) atoms. The van der Waals surface area contributed by atoms with Gasteiger partial charge in [-0.3, -0.25) is 14.8 Å². The van der Waals surface area contributed by atoms with Crippen molar-refractivity contribution in [3.8, 4) is 22.8 Å². The zero-order chi connectivity index (χ0) is 21.3. The molecule has 2 heterocycles. The van der Waals surface area contributed by atoms with Crippen LogP contribution in [0, 0.1) is 0 Å². The largest absolute Gasteiger partial charge is 0.437 e. The van der Waals surface area contributed by atoms with Gasteiger partial charge >= 0.3 is 0 Å². The number of benzene rings is 1. The molecule has 0 fully saturated rings. The number of likely N-dealkylation sites (N-methyl/N-ethyl adjacent to an activating group) is 1. The summed E-state index contributed by atoms with van der Waals surface area (Å²) in [5.74, 6) is 1.71. The molecule has 8 nitrogen and oxygen atoms in total. The van der Waals surface area contributed by atoms with Crippen LogP contribution >= 0.6 is 0 Å². The van der Waals surface area contributed by atoms with Crippen molar-refractivity contribution in [2.75, 3.05) is 25.0 Å². The summed E-state index contributed by atoms with van der Waals surface area (Å²) in [6.07, 6.45) is 5.41. The van der Waals surface area contributed by atoms with Gasteiger partial charge in [-0.05, 0) is 23.8 Å². The van der Waals surface area contributed by atoms with Crippen molar-refractivity contribution in [2.45, 2.75) is 20.0 Å². The number of aliphatic hydroxyl groups excluding tert-OH is 1. The monoisotopic (exact) mass is 407 g/mol. The fourth-order valence-corrected chi connectivity index (χ4v) is 2.70. The highest BCUT2D eigenvalue weighted by molar-refractivity contribution is 5.75. The molecule has 0 aliphatic heterocycles. The minimum Gasteiger partial charge on any atom is -0.437 e. The quantitative estimate of drug-likeness (QED) is 0.562. The maximum atomic E-state index is 11.3. The molecule has 8 heteroatoms. The van der Waals surface area contributed by atoms with Crippen LogP contribution in [0.1, 0.15) is 19.0 Å². The molecule has 0 radical (unpaired) electrons. The summed E-state index contributed by atoms with van der Waals surface area (Å²) in [5, 5.41) is 11.9. The van der Waals surface area contributed by atoms with Gasteiger partial charge in [-0.25, -0.2) is 0 Å². The topological polar surface area (TPSA) is 100 Å². The van der Waals surface area contributed by atoms with Gasteiger partial charge in [0.15, 0.2) is 5.82 Å². The molecule has 0 unspecified atom stereocenters. The zero-order valence-corrected chi connectivity index (χ0v) is 17.1. The lowest BCUT2D eigenvalue weighted by atomic mass is 10.1. The van der Waals surface area contributed by atoms with E-state index in [9.17, 15) is 4.79 Å². The number of rotatable bonds is 9. The first-order valence-electron chi connectivity index (χ1n) is 9.73. The maximum Gasteiger partial charge on any atom is 0.239 e. The first kappa shape index (κ1) is 21.2. The first-order chi connectivity index (χ1) is 14.6. The van der Waals surface area contributed by atoms with E-state index in [1.165, 1.54) is 0 Å². The third kappa shape index (κ3) is 5.74. The summed E-state index contributed by atoms with van der Waals surface area (Å²) < 4.78 is 5.84. The van der Waals surface area contributed by atoms with E-state index < -0.39 is 0 Å². The normalized spacial score (nSPS) is 10.5.